The third-order valence-corrected chi connectivity index (χ3v) is 10.1. The molecule has 1 unspecified atom stereocenters. The lowest BCUT2D eigenvalue weighted by molar-refractivity contribution is -0.152. The van der Waals surface area contributed by atoms with Gasteiger partial charge in [0.15, 0.2) is 0 Å². The number of ether oxygens (including phenoxy) is 1. The number of carbonyl (C=O) groups excluding carboxylic acids is 3. The molecular formula is C37H36N6O5. The molecule has 1 N–H and O–H groups in total. The van der Waals surface area contributed by atoms with Crippen LogP contribution in [-0.2, 0) is 38.8 Å². The average molecular weight is 645 g/mol. The fourth-order valence-electron chi connectivity index (χ4n) is 7.96. The molecule has 2 fully saturated rings. The summed E-state index contributed by atoms with van der Waals surface area (Å²) in [6.45, 7) is 0.739. The van der Waals surface area contributed by atoms with Gasteiger partial charge in [-0.25, -0.2) is 4.68 Å². The van der Waals surface area contributed by atoms with E-state index in [0.717, 1.165) is 16.6 Å². The van der Waals surface area contributed by atoms with Crippen LogP contribution in [-0.4, -0.2) is 96.0 Å². The molecule has 1 spiro atoms. The highest BCUT2D eigenvalue weighted by Crippen LogP contribution is 2.54. The molecule has 2 saturated heterocycles. The number of aliphatic hydroxyl groups excluding tert-OH is 1. The van der Waals surface area contributed by atoms with E-state index in [1.54, 1.807) is 14.5 Å². The predicted octanol–water partition coefficient (Wildman–Crippen LogP) is 2.57. The number of amides is 3. The molecule has 0 saturated carbocycles. The Hall–Kier alpha value is -5.13. The number of nitrogens with zero attached hydrogens (tertiary/aromatic N) is 6. The molecule has 0 bridgehead atoms. The van der Waals surface area contributed by atoms with Gasteiger partial charge in [-0.2, -0.15) is 0 Å². The van der Waals surface area contributed by atoms with Crippen LogP contribution < -0.4 is 0 Å². The van der Waals surface area contributed by atoms with Crippen molar-refractivity contribution in [2.45, 2.75) is 43.4 Å². The number of rotatable bonds is 8. The van der Waals surface area contributed by atoms with Gasteiger partial charge in [-0.05, 0) is 29.7 Å². The molecule has 11 heteroatoms. The Bertz CT molecular complexity index is 1910. The Morgan fingerprint density at radius 2 is 1.54 bits per heavy atom. The largest absolute Gasteiger partial charge is 0.394 e. The van der Waals surface area contributed by atoms with Crippen molar-refractivity contribution in [1.29, 1.82) is 0 Å². The summed E-state index contributed by atoms with van der Waals surface area (Å²) in [7, 11) is 0. The van der Waals surface area contributed by atoms with Crippen LogP contribution in [0.5, 0.6) is 0 Å². The molecule has 6 atom stereocenters. The fraction of sp³-hybridized carbons (Fsp3) is 0.324. The molecule has 1 aromatic heterocycles. The maximum atomic E-state index is 14.9. The number of hydrogen-bond donors (Lipinski definition) is 1. The number of hydrogen-bond acceptors (Lipinski definition) is 7. The van der Waals surface area contributed by atoms with Crippen LogP contribution in [0.3, 0.4) is 0 Å². The van der Waals surface area contributed by atoms with E-state index < -0.39 is 35.6 Å². The number of likely N-dealkylation sites (tertiary alicyclic amines) is 1. The second-order valence-corrected chi connectivity index (χ2v) is 12.9. The molecule has 0 radical (unpaired) electrons. The molecule has 3 amide bonds. The van der Waals surface area contributed by atoms with E-state index in [2.05, 4.69) is 10.3 Å². The van der Waals surface area contributed by atoms with E-state index in [-0.39, 0.29) is 37.5 Å². The lowest BCUT2D eigenvalue weighted by Gasteiger charge is -2.38. The van der Waals surface area contributed by atoms with Crippen LogP contribution in [0.2, 0.25) is 0 Å². The minimum Gasteiger partial charge on any atom is -0.394 e. The minimum atomic E-state index is -1.41. The van der Waals surface area contributed by atoms with Gasteiger partial charge in [0.05, 0.1) is 36.1 Å². The first-order valence-corrected chi connectivity index (χ1v) is 16.4. The first kappa shape index (κ1) is 30.2. The van der Waals surface area contributed by atoms with Crippen molar-refractivity contribution < 1.29 is 24.2 Å². The Balaban J connectivity index is 1.19. The van der Waals surface area contributed by atoms with E-state index >= 15 is 0 Å². The van der Waals surface area contributed by atoms with Crippen LogP contribution in [0.15, 0.2) is 109 Å². The molecule has 11 nitrogen and oxygen atoms in total. The monoisotopic (exact) mass is 644 g/mol. The molecule has 8 rings (SSSR count). The minimum absolute atomic E-state index is 0.0992. The van der Waals surface area contributed by atoms with Crippen LogP contribution in [0.4, 0.5) is 0 Å². The molecule has 5 heterocycles. The smallest absolute Gasteiger partial charge is 0.250 e. The van der Waals surface area contributed by atoms with Crippen molar-refractivity contribution >= 4 is 28.8 Å². The summed E-state index contributed by atoms with van der Waals surface area (Å²) in [5, 5.41) is 19.4. The van der Waals surface area contributed by atoms with E-state index in [0.29, 0.717) is 25.0 Å². The summed E-state index contributed by atoms with van der Waals surface area (Å²) >= 11 is 0. The number of carbonyl (C=O) groups is 3. The normalized spacial score (nSPS) is 27.2. The van der Waals surface area contributed by atoms with Crippen molar-refractivity contribution in [1.82, 2.24) is 29.7 Å². The van der Waals surface area contributed by atoms with Gasteiger partial charge in [0.1, 0.15) is 23.8 Å². The van der Waals surface area contributed by atoms with Gasteiger partial charge in [-0.3, -0.25) is 14.4 Å². The number of para-hydroxylation sites is 1. The fourth-order valence-corrected chi connectivity index (χ4v) is 7.96. The maximum Gasteiger partial charge on any atom is 0.250 e. The van der Waals surface area contributed by atoms with Gasteiger partial charge in [-0.1, -0.05) is 102 Å². The summed E-state index contributed by atoms with van der Waals surface area (Å²) in [5.74, 6) is -2.69. The quantitative estimate of drug-likeness (QED) is 0.293. The third-order valence-electron chi connectivity index (χ3n) is 10.1. The summed E-state index contributed by atoms with van der Waals surface area (Å²) in [4.78, 5) is 49.1. The first-order valence-electron chi connectivity index (χ1n) is 16.4. The van der Waals surface area contributed by atoms with Crippen molar-refractivity contribution in [2.75, 3.05) is 19.7 Å². The zero-order chi connectivity index (χ0) is 32.8. The van der Waals surface area contributed by atoms with Crippen molar-refractivity contribution in [2.24, 2.45) is 11.8 Å². The Kier molecular flexibility index (Phi) is 7.65. The molecule has 244 valence electrons. The van der Waals surface area contributed by atoms with E-state index in [9.17, 15) is 19.5 Å². The molecule has 4 aliphatic heterocycles. The number of aliphatic hydroxyl groups is 1. The highest BCUT2D eigenvalue weighted by molar-refractivity contribution is 6.00. The SMILES string of the molecule is O=C1C2N([C@@H](CO)Cc3ccccc3)C(=O)[C@@H]3[C@H]4C(=O)N(Cc5ccccc5)CC=C[C@H]4O[C@]23C=CCN1Cn1nnc2ccccc21. The van der Waals surface area contributed by atoms with Crippen LogP contribution in [0.1, 0.15) is 11.1 Å². The second kappa shape index (κ2) is 12.1. The number of fused-ring (bicyclic) bond motifs is 3. The molecule has 48 heavy (non-hydrogen) atoms. The molecule has 4 aliphatic rings. The molecule has 0 aliphatic carbocycles. The number of benzene rings is 3. The van der Waals surface area contributed by atoms with Crippen LogP contribution >= 0.6 is 0 Å². The lowest BCUT2D eigenvalue weighted by atomic mass is 9.77. The average Bonchev–Trinajstić information content (AvgIpc) is 3.67. The topological polar surface area (TPSA) is 121 Å². The van der Waals surface area contributed by atoms with Crippen molar-refractivity contribution in [3.05, 3.63) is 120 Å². The van der Waals surface area contributed by atoms with Gasteiger partial charge in [0.2, 0.25) is 11.8 Å². The van der Waals surface area contributed by atoms with Gasteiger partial charge in [-0.15, -0.1) is 5.10 Å². The highest BCUT2D eigenvalue weighted by atomic mass is 16.5. The molecule has 3 aromatic carbocycles. The molecular weight excluding hydrogens is 608 g/mol. The highest BCUT2D eigenvalue weighted by Gasteiger charge is 2.72. The summed E-state index contributed by atoms with van der Waals surface area (Å²) in [6.07, 6.45) is 7.10. The van der Waals surface area contributed by atoms with Gasteiger partial charge < -0.3 is 24.5 Å². The Labute approximate surface area is 277 Å². The molecule has 4 aromatic rings. The summed E-state index contributed by atoms with van der Waals surface area (Å²) in [6, 6.07) is 25.0. The summed E-state index contributed by atoms with van der Waals surface area (Å²) in [5.41, 5.74) is 1.96. The first-order chi connectivity index (χ1) is 23.5. The van der Waals surface area contributed by atoms with Crippen molar-refractivity contribution in [3.63, 3.8) is 0 Å². The third kappa shape index (κ3) is 4.92. The Morgan fingerprint density at radius 1 is 0.833 bits per heavy atom. The summed E-state index contributed by atoms with van der Waals surface area (Å²) < 4.78 is 8.50. The second-order valence-electron chi connectivity index (χ2n) is 12.9. The maximum absolute atomic E-state index is 14.9. The van der Waals surface area contributed by atoms with Crippen molar-refractivity contribution in [3.8, 4) is 0 Å². The van der Waals surface area contributed by atoms with Crippen LogP contribution in [0, 0.1) is 11.8 Å². The van der Waals surface area contributed by atoms with Gasteiger partial charge >= 0.3 is 0 Å². The Morgan fingerprint density at radius 3 is 2.31 bits per heavy atom. The van der Waals surface area contributed by atoms with Crippen LogP contribution in [0.25, 0.3) is 11.0 Å². The van der Waals surface area contributed by atoms with Gasteiger partial charge in [0.25, 0.3) is 5.91 Å². The number of aromatic nitrogens is 3. The standard InChI is InChI=1S/C37H36N6O5/c44-23-27(21-25-11-3-1-4-12-25)43-33-36(47)41(24-42-29-16-8-7-15-28(29)38-39-42)20-10-18-37(33)32(35(43)46)31-30(48-37)17-9-19-40(34(31)45)22-26-13-5-2-6-14-26/h1-18,27,30-33,44H,19-24H2/t27-,30-,31+,32+,33?,37+/m1/s1. The van der Waals surface area contributed by atoms with Gasteiger partial charge in [0, 0.05) is 19.6 Å². The lowest BCUT2D eigenvalue weighted by Crippen LogP contribution is -2.58. The zero-order valence-electron chi connectivity index (χ0n) is 26.3. The van der Waals surface area contributed by atoms with E-state index in [1.807, 2.05) is 109 Å². The van der Waals surface area contributed by atoms with E-state index in [4.69, 9.17) is 4.74 Å². The van der Waals surface area contributed by atoms with E-state index in [1.165, 1.54) is 4.90 Å². The zero-order valence-corrected chi connectivity index (χ0v) is 26.3. The predicted molar refractivity (Wildman–Crippen MR) is 176 cm³/mol.